The van der Waals surface area contributed by atoms with Crippen LogP contribution in [-0.2, 0) is 4.79 Å². The maximum atomic E-state index is 13.5. The second-order valence-corrected chi connectivity index (χ2v) is 7.41. The summed E-state index contributed by atoms with van der Waals surface area (Å²) < 4.78 is 25.2. The molecule has 0 aliphatic carbocycles. The maximum absolute atomic E-state index is 13.5. The Hall–Kier alpha value is -2.86. The smallest absolute Gasteiger partial charge is 0.306 e. The Labute approximate surface area is 196 Å². The molecule has 6 heteroatoms. The normalized spacial score (nSPS) is 14.8. The highest BCUT2D eigenvalue weighted by Gasteiger charge is 2.25. The summed E-state index contributed by atoms with van der Waals surface area (Å²) >= 11 is 0. The van der Waals surface area contributed by atoms with Gasteiger partial charge in [-0.05, 0) is 73.0 Å². The summed E-state index contributed by atoms with van der Waals surface area (Å²) in [4.78, 5) is 13.2. The average molecular weight is 458 g/mol. The van der Waals surface area contributed by atoms with Crippen molar-refractivity contribution in [2.45, 2.75) is 47.0 Å². The van der Waals surface area contributed by atoms with Gasteiger partial charge in [0.1, 0.15) is 23.9 Å². The van der Waals surface area contributed by atoms with Crippen molar-refractivity contribution >= 4 is 11.5 Å². The molecule has 5 nitrogen and oxygen atoms in total. The van der Waals surface area contributed by atoms with Gasteiger partial charge in [0.2, 0.25) is 0 Å². The molecule has 2 heterocycles. The Morgan fingerprint density at radius 3 is 2.36 bits per heavy atom. The van der Waals surface area contributed by atoms with Crippen LogP contribution in [0.25, 0.3) is 5.57 Å². The van der Waals surface area contributed by atoms with Crippen molar-refractivity contribution in [3.63, 3.8) is 0 Å². The molecule has 0 saturated carbocycles. The summed E-state index contributed by atoms with van der Waals surface area (Å²) in [6.07, 6.45) is 2.35. The van der Waals surface area contributed by atoms with Crippen molar-refractivity contribution in [3.8, 4) is 11.5 Å². The fourth-order valence-corrected chi connectivity index (χ4v) is 3.92. The van der Waals surface area contributed by atoms with E-state index in [0.29, 0.717) is 12.4 Å². The van der Waals surface area contributed by atoms with E-state index in [9.17, 15) is 9.18 Å². The Morgan fingerprint density at radius 2 is 1.73 bits per heavy atom. The van der Waals surface area contributed by atoms with E-state index in [-0.39, 0.29) is 18.8 Å². The molecular weight excluding hydrogens is 421 g/mol. The topological polar surface area (TPSA) is 59.0 Å². The van der Waals surface area contributed by atoms with E-state index >= 15 is 0 Å². The van der Waals surface area contributed by atoms with Gasteiger partial charge in [0.15, 0.2) is 0 Å². The van der Waals surface area contributed by atoms with Crippen molar-refractivity contribution in [2.75, 3.05) is 32.8 Å². The molecule has 33 heavy (non-hydrogen) atoms. The van der Waals surface area contributed by atoms with Gasteiger partial charge in [-0.3, -0.25) is 9.69 Å². The summed E-state index contributed by atoms with van der Waals surface area (Å²) in [5.41, 5.74) is 4.04. The highest BCUT2D eigenvalue weighted by Crippen LogP contribution is 2.40. The van der Waals surface area contributed by atoms with Gasteiger partial charge in [0.05, 0.1) is 13.0 Å². The van der Waals surface area contributed by atoms with E-state index < -0.39 is 5.97 Å². The van der Waals surface area contributed by atoms with Crippen LogP contribution < -0.4 is 9.47 Å². The summed E-state index contributed by atoms with van der Waals surface area (Å²) in [7, 11) is 0. The highest BCUT2D eigenvalue weighted by molar-refractivity contribution is 5.87. The number of hydrogen-bond donors (Lipinski definition) is 1. The van der Waals surface area contributed by atoms with E-state index in [2.05, 4.69) is 4.90 Å². The van der Waals surface area contributed by atoms with Crippen molar-refractivity contribution < 1.29 is 23.8 Å². The molecule has 2 aliphatic rings. The van der Waals surface area contributed by atoms with Crippen LogP contribution in [0.2, 0.25) is 0 Å². The van der Waals surface area contributed by atoms with Crippen LogP contribution in [-0.4, -0.2) is 48.8 Å². The summed E-state index contributed by atoms with van der Waals surface area (Å²) in [6, 6.07) is 12.1. The van der Waals surface area contributed by atoms with Gasteiger partial charge < -0.3 is 14.6 Å². The molecule has 180 valence electrons. The molecule has 1 saturated heterocycles. The van der Waals surface area contributed by atoms with Crippen LogP contribution in [0.5, 0.6) is 11.5 Å². The minimum absolute atomic E-state index is 0.0611. The number of hydrogen-bond acceptors (Lipinski definition) is 4. The molecular formula is C27H36FNO4. The maximum Gasteiger partial charge on any atom is 0.306 e. The first-order valence-electron chi connectivity index (χ1n) is 11.9. The number of carboxylic acid groups (broad SMARTS) is 1. The number of carboxylic acids is 1. The van der Waals surface area contributed by atoms with E-state index in [4.69, 9.17) is 14.6 Å². The van der Waals surface area contributed by atoms with Gasteiger partial charge in [-0.15, -0.1) is 0 Å². The van der Waals surface area contributed by atoms with Crippen LogP contribution in [0, 0.1) is 5.82 Å². The average Bonchev–Trinajstić information content (AvgIpc) is 3.35. The highest BCUT2D eigenvalue weighted by atomic mass is 19.1. The van der Waals surface area contributed by atoms with Crippen LogP contribution in [0.1, 0.15) is 58.1 Å². The summed E-state index contributed by atoms with van der Waals surface area (Å²) in [6.45, 7) is 11.6. The first kappa shape index (κ1) is 26.4. The third-order valence-corrected chi connectivity index (χ3v) is 5.31. The van der Waals surface area contributed by atoms with Crippen LogP contribution in [0.3, 0.4) is 0 Å². The molecule has 0 unspecified atom stereocenters. The predicted molar refractivity (Wildman–Crippen MR) is 130 cm³/mol. The second-order valence-electron chi connectivity index (χ2n) is 7.41. The third kappa shape index (κ3) is 7.32. The van der Waals surface area contributed by atoms with Crippen molar-refractivity contribution in [3.05, 3.63) is 65.0 Å². The Balaban J connectivity index is 0.000000914. The number of aliphatic carboxylic acids is 1. The van der Waals surface area contributed by atoms with Gasteiger partial charge in [-0.25, -0.2) is 4.39 Å². The molecule has 2 aromatic rings. The first-order valence-corrected chi connectivity index (χ1v) is 11.9. The molecule has 0 amide bonds. The Morgan fingerprint density at radius 1 is 1.06 bits per heavy atom. The lowest BCUT2D eigenvalue weighted by atomic mass is 9.90. The third-order valence-electron chi connectivity index (χ3n) is 5.31. The lowest BCUT2D eigenvalue weighted by Gasteiger charge is -2.27. The number of ether oxygens (including phenoxy) is 2. The molecule has 0 aromatic heterocycles. The van der Waals surface area contributed by atoms with Gasteiger partial charge in [-0.2, -0.15) is 0 Å². The van der Waals surface area contributed by atoms with Gasteiger partial charge >= 0.3 is 5.97 Å². The van der Waals surface area contributed by atoms with Gasteiger partial charge in [0.25, 0.3) is 0 Å². The van der Waals surface area contributed by atoms with Crippen LogP contribution >= 0.6 is 0 Å². The molecule has 2 aliphatic heterocycles. The van der Waals surface area contributed by atoms with Crippen molar-refractivity contribution in [2.24, 2.45) is 0 Å². The number of rotatable bonds is 7. The number of nitrogens with zero attached hydrogens (tertiary/aromatic N) is 1. The fraction of sp³-hybridized carbons (Fsp3) is 0.444. The van der Waals surface area contributed by atoms with Crippen molar-refractivity contribution in [1.29, 1.82) is 0 Å². The molecule has 1 fully saturated rings. The molecule has 0 bridgehead atoms. The second kappa shape index (κ2) is 13.6. The zero-order valence-corrected chi connectivity index (χ0v) is 20.2. The van der Waals surface area contributed by atoms with E-state index in [1.165, 1.54) is 25.0 Å². The standard InChI is InChI=1S/C23H24FNO4.2C2H6/c24-18-5-3-16(4-6-18)23-17(14-25-10-1-2-11-25)15-29-21-8-7-19(13-20(21)23)28-12-9-22(26)27;2*1-2/h3-8,13H,1-2,9-12,14-15H2,(H,26,27);2*1-2H3. The van der Waals surface area contributed by atoms with E-state index in [1.807, 2.05) is 39.8 Å². The Bertz CT molecular complexity index is 918. The lowest BCUT2D eigenvalue weighted by Crippen LogP contribution is -2.26. The number of halogens is 1. The van der Waals surface area contributed by atoms with E-state index in [0.717, 1.165) is 47.7 Å². The molecule has 4 rings (SSSR count). The zero-order valence-electron chi connectivity index (χ0n) is 20.2. The quantitative estimate of drug-likeness (QED) is 0.551. The number of fused-ring (bicyclic) bond motifs is 1. The van der Waals surface area contributed by atoms with Crippen molar-refractivity contribution in [1.82, 2.24) is 4.90 Å². The number of carbonyl (C=O) groups is 1. The number of benzene rings is 2. The lowest BCUT2D eigenvalue weighted by molar-refractivity contribution is -0.137. The molecule has 0 atom stereocenters. The van der Waals surface area contributed by atoms with Crippen LogP contribution in [0.15, 0.2) is 48.0 Å². The molecule has 2 aromatic carbocycles. The molecule has 1 N–H and O–H groups in total. The SMILES string of the molecule is CC.CC.O=C(O)CCOc1ccc2c(c1)C(c1ccc(F)cc1)=C(CN1CCCC1)CO2. The molecule has 0 spiro atoms. The van der Waals surface area contributed by atoms with Gasteiger partial charge in [0, 0.05) is 12.1 Å². The summed E-state index contributed by atoms with van der Waals surface area (Å²) in [5, 5.41) is 8.82. The monoisotopic (exact) mass is 457 g/mol. The summed E-state index contributed by atoms with van der Waals surface area (Å²) in [5.74, 6) is 0.176. The fourth-order valence-electron chi connectivity index (χ4n) is 3.92. The first-order chi connectivity index (χ1) is 16.1. The van der Waals surface area contributed by atoms with Crippen LogP contribution in [0.4, 0.5) is 4.39 Å². The van der Waals surface area contributed by atoms with Gasteiger partial charge in [-0.1, -0.05) is 39.8 Å². The minimum atomic E-state index is -0.897. The minimum Gasteiger partial charge on any atom is -0.493 e. The largest absolute Gasteiger partial charge is 0.493 e. The zero-order chi connectivity index (χ0) is 24.2. The Kier molecular flexibility index (Phi) is 10.9. The number of likely N-dealkylation sites (tertiary alicyclic amines) is 1. The predicted octanol–water partition coefficient (Wildman–Crippen LogP) is 6.02. The van der Waals surface area contributed by atoms with E-state index in [1.54, 1.807) is 18.2 Å². The molecule has 0 radical (unpaired) electrons.